The fraction of sp³-hybridized carbons (Fsp3) is 0.143. The van der Waals surface area contributed by atoms with Crippen molar-refractivity contribution in [2.45, 2.75) is 28.6 Å². The Bertz CT molecular complexity index is 1150. The molecule has 0 aliphatic carbocycles. The van der Waals surface area contributed by atoms with Gasteiger partial charge in [0.2, 0.25) is 0 Å². The molecule has 0 aliphatic heterocycles. The first-order valence-corrected chi connectivity index (χ1v) is 11.7. The van der Waals surface area contributed by atoms with Gasteiger partial charge >= 0.3 is 0 Å². The number of nitrogens with zero attached hydrogens (tertiary/aromatic N) is 1. The molecule has 3 aromatic rings. The molecule has 3 rings (SSSR count). The normalized spacial score (nSPS) is 14.8. The average Bonchev–Trinajstić information content (AvgIpc) is 2.69. The highest BCUT2D eigenvalue weighted by Gasteiger charge is 2.29. The zero-order valence-electron chi connectivity index (χ0n) is 15.2. The largest absolute Gasteiger partial charge is 0.290 e. The maximum absolute atomic E-state index is 15.3. The Kier molecular flexibility index (Phi) is 5.96. The molecule has 0 amide bonds. The maximum Gasteiger partial charge on any atom is 0.290 e. The van der Waals surface area contributed by atoms with Gasteiger partial charge in [-0.15, -0.1) is 0 Å². The van der Waals surface area contributed by atoms with Gasteiger partial charge in [0.1, 0.15) is 9.73 Å². The highest BCUT2D eigenvalue weighted by molar-refractivity contribution is 8.03. The highest BCUT2D eigenvalue weighted by Crippen LogP contribution is 2.26. The summed E-state index contributed by atoms with van der Waals surface area (Å²) < 4.78 is 58.1. The molecule has 0 bridgehead atoms. The summed E-state index contributed by atoms with van der Waals surface area (Å²) in [6.07, 6.45) is -0.207. The maximum atomic E-state index is 15.3. The lowest BCUT2D eigenvalue weighted by Crippen LogP contribution is -2.21. The van der Waals surface area contributed by atoms with Crippen LogP contribution in [0.4, 0.5) is 4.39 Å². The first kappa shape index (κ1) is 20.2. The van der Waals surface area contributed by atoms with Crippen molar-refractivity contribution in [3.8, 4) is 0 Å². The molecule has 0 unspecified atom stereocenters. The van der Waals surface area contributed by atoms with Crippen molar-refractivity contribution >= 4 is 19.8 Å². The minimum absolute atomic E-state index is 0.0501. The summed E-state index contributed by atoms with van der Waals surface area (Å²) in [6.45, 7) is 1.82. The third kappa shape index (κ3) is 4.48. The van der Waals surface area contributed by atoms with Crippen LogP contribution in [-0.2, 0) is 26.2 Å². The molecule has 3 aromatic carbocycles. The second-order valence-corrected chi connectivity index (χ2v) is 10.5. The van der Waals surface area contributed by atoms with Crippen molar-refractivity contribution in [2.24, 2.45) is 3.77 Å². The summed E-state index contributed by atoms with van der Waals surface area (Å²) in [7, 11) is -8.20. The van der Waals surface area contributed by atoms with Gasteiger partial charge < -0.3 is 0 Å². The fourth-order valence-electron chi connectivity index (χ4n) is 2.66. The van der Waals surface area contributed by atoms with E-state index in [9.17, 15) is 12.6 Å². The van der Waals surface area contributed by atoms with Crippen LogP contribution in [0.15, 0.2) is 98.5 Å². The van der Waals surface area contributed by atoms with Crippen LogP contribution < -0.4 is 0 Å². The van der Waals surface area contributed by atoms with Gasteiger partial charge in [0.15, 0.2) is 5.50 Å². The van der Waals surface area contributed by atoms with Crippen LogP contribution in [0, 0.1) is 6.92 Å². The van der Waals surface area contributed by atoms with E-state index in [1.165, 1.54) is 24.3 Å². The Morgan fingerprint density at radius 3 is 1.89 bits per heavy atom. The van der Waals surface area contributed by atoms with E-state index in [0.717, 1.165) is 5.56 Å². The van der Waals surface area contributed by atoms with E-state index in [2.05, 4.69) is 3.77 Å². The first-order chi connectivity index (χ1) is 13.3. The van der Waals surface area contributed by atoms with Crippen LogP contribution in [0.2, 0.25) is 0 Å². The van der Waals surface area contributed by atoms with E-state index in [0.29, 0.717) is 5.56 Å². The summed E-state index contributed by atoms with van der Waals surface area (Å²) in [4.78, 5) is -0.0669. The lowest BCUT2D eigenvalue weighted by molar-refractivity contribution is 0.433. The molecule has 146 valence electrons. The molecule has 0 heterocycles. The van der Waals surface area contributed by atoms with Gasteiger partial charge in [0.05, 0.1) is 9.79 Å². The molecule has 28 heavy (non-hydrogen) atoms. The molecule has 0 aromatic heterocycles. The molecular weight excluding hydrogens is 397 g/mol. The first-order valence-electron chi connectivity index (χ1n) is 8.63. The Balaban J connectivity index is 2.12. The predicted molar refractivity (Wildman–Crippen MR) is 109 cm³/mol. The molecule has 0 spiro atoms. The standard InChI is InChI=1S/C21H20FNO3S2/c1-17-12-14-20(15-13-17)28(25,26)23-27(24,19-10-6-3-7-11-19)21(22)16-18-8-4-2-5-9-18/h2-15,21H,16H2,1H3/t21-,27+/m1/s1. The van der Waals surface area contributed by atoms with Gasteiger partial charge in [-0.2, -0.15) is 8.42 Å². The molecule has 0 N–H and O–H groups in total. The van der Waals surface area contributed by atoms with Gasteiger partial charge in [0, 0.05) is 6.42 Å². The summed E-state index contributed by atoms with van der Waals surface area (Å²) in [5.74, 6) is 0. The smallest absolute Gasteiger partial charge is 0.241 e. The molecule has 2 atom stereocenters. The van der Waals surface area contributed by atoms with Crippen LogP contribution >= 0.6 is 0 Å². The van der Waals surface area contributed by atoms with Crippen molar-refractivity contribution in [2.75, 3.05) is 0 Å². The second kappa shape index (κ2) is 8.24. The molecule has 0 aliphatic rings. The molecular formula is C21H20FNO3S2. The summed E-state index contributed by atoms with van der Waals surface area (Å²) in [5.41, 5.74) is -0.505. The van der Waals surface area contributed by atoms with Crippen LogP contribution in [0.5, 0.6) is 0 Å². The number of alkyl halides is 1. The number of hydrogen-bond donors (Lipinski definition) is 0. The van der Waals surface area contributed by atoms with E-state index in [1.807, 2.05) is 6.92 Å². The van der Waals surface area contributed by atoms with E-state index in [4.69, 9.17) is 0 Å². The topological polar surface area (TPSA) is 63.6 Å². The van der Waals surface area contributed by atoms with Crippen molar-refractivity contribution in [3.05, 3.63) is 96.1 Å². The van der Waals surface area contributed by atoms with Crippen LogP contribution in [-0.4, -0.2) is 18.1 Å². The van der Waals surface area contributed by atoms with Crippen LogP contribution in [0.25, 0.3) is 0 Å². The van der Waals surface area contributed by atoms with E-state index >= 15 is 4.39 Å². The van der Waals surface area contributed by atoms with Gasteiger partial charge in [-0.1, -0.05) is 70.0 Å². The SMILES string of the molecule is Cc1ccc(S(=O)(=O)N=[S@](=O)(c2ccccc2)[C@@H](F)Cc2ccccc2)cc1. The monoisotopic (exact) mass is 417 g/mol. The Morgan fingerprint density at radius 1 is 0.786 bits per heavy atom. The fourth-order valence-corrected chi connectivity index (χ4v) is 6.63. The predicted octanol–water partition coefficient (Wildman–Crippen LogP) is 4.75. The Morgan fingerprint density at radius 2 is 1.32 bits per heavy atom. The average molecular weight is 418 g/mol. The highest BCUT2D eigenvalue weighted by atomic mass is 32.3. The molecule has 0 fully saturated rings. The number of aryl methyl sites for hydroxylation is 1. The van der Waals surface area contributed by atoms with E-state index in [1.54, 1.807) is 60.7 Å². The van der Waals surface area contributed by atoms with Crippen molar-refractivity contribution in [3.63, 3.8) is 0 Å². The number of benzene rings is 3. The third-order valence-corrected chi connectivity index (χ3v) is 8.54. The van der Waals surface area contributed by atoms with Gasteiger partial charge in [-0.3, -0.25) is 0 Å². The lowest BCUT2D eigenvalue weighted by atomic mass is 10.2. The number of halogens is 1. The summed E-state index contributed by atoms with van der Waals surface area (Å²) >= 11 is 0. The number of rotatable bonds is 6. The van der Waals surface area contributed by atoms with Crippen LogP contribution in [0.3, 0.4) is 0 Å². The minimum Gasteiger partial charge on any atom is -0.241 e. The lowest BCUT2D eigenvalue weighted by Gasteiger charge is -2.15. The second-order valence-electron chi connectivity index (χ2n) is 6.34. The van der Waals surface area contributed by atoms with Crippen molar-refractivity contribution in [1.82, 2.24) is 0 Å². The van der Waals surface area contributed by atoms with Crippen molar-refractivity contribution in [1.29, 1.82) is 0 Å². The number of hydrogen-bond acceptors (Lipinski definition) is 3. The zero-order chi connectivity index (χ0) is 20.2. The van der Waals surface area contributed by atoms with Gasteiger partial charge in [-0.05, 0) is 36.8 Å². The van der Waals surface area contributed by atoms with Gasteiger partial charge in [0.25, 0.3) is 10.0 Å². The molecule has 0 radical (unpaired) electrons. The molecule has 4 nitrogen and oxygen atoms in total. The molecule has 0 saturated carbocycles. The summed E-state index contributed by atoms with van der Waals surface area (Å²) in [6, 6.07) is 22.4. The Labute approximate surface area is 165 Å². The third-order valence-electron chi connectivity index (χ3n) is 4.19. The van der Waals surface area contributed by atoms with Crippen LogP contribution in [0.1, 0.15) is 11.1 Å². The minimum atomic E-state index is -4.31. The summed E-state index contributed by atoms with van der Waals surface area (Å²) in [5, 5.41) is 0. The quantitative estimate of drug-likeness (QED) is 0.581. The van der Waals surface area contributed by atoms with Crippen molar-refractivity contribution < 1.29 is 17.0 Å². The Hall–Kier alpha value is -2.51. The molecule has 0 saturated heterocycles. The van der Waals surface area contributed by atoms with E-state index in [-0.39, 0.29) is 16.2 Å². The molecule has 7 heteroatoms. The zero-order valence-corrected chi connectivity index (χ0v) is 16.9. The van der Waals surface area contributed by atoms with Gasteiger partial charge in [-0.25, -0.2) is 8.60 Å². The van der Waals surface area contributed by atoms with E-state index < -0.39 is 25.3 Å². The number of sulfonamides is 1.